The van der Waals surface area contributed by atoms with Crippen LogP contribution in [0.5, 0.6) is 0 Å². The molecule has 0 nitrogen and oxygen atoms in total. The average Bonchev–Trinajstić information content (AvgIpc) is 3.13. The molecule has 0 aliphatic heterocycles. The van der Waals surface area contributed by atoms with Crippen molar-refractivity contribution >= 4 is 8.80 Å². The summed E-state index contributed by atoms with van der Waals surface area (Å²) >= 11 is 0. The van der Waals surface area contributed by atoms with Gasteiger partial charge in [-0.2, -0.15) is 0 Å². The Morgan fingerprint density at radius 3 is 1.87 bits per heavy atom. The molecule has 0 heterocycles. The van der Waals surface area contributed by atoms with E-state index in [-0.39, 0.29) is 46.5 Å². The van der Waals surface area contributed by atoms with E-state index in [4.69, 9.17) is 0 Å². The van der Waals surface area contributed by atoms with Gasteiger partial charge in [-0.15, -0.1) is 0 Å². The van der Waals surface area contributed by atoms with Crippen LogP contribution in [0, 0.1) is 0 Å². The molecule has 4 heteroatoms. The molecular weight excluding hydrogens is 375 g/mol. The zero-order valence-electron chi connectivity index (χ0n) is 12.9. The third kappa shape index (κ3) is 3.45. The number of halogens is 2. The van der Waals surface area contributed by atoms with Gasteiger partial charge in [0.05, 0.1) is 8.80 Å². The Kier molecular flexibility index (Phi) is 7.57. The van der Waals surface area contributed by atoms with Crippen LogP contribution in [0.25, 0.3) is 11.1 Å². The fourth-order valence-electron chi connectivity index (χ4n) is 3.55. The molecule has 1 radical (unpaired) electrons. The maximum atomic E-state index is 2.48. The Morgan fingerprint density at radius 2 is 1.39 bits per heavy atom. The number of fused-ring (bicyclic) bond motifs is 3. The first-order chi connectivity index (χ1) is 9.86. The summed E-state index contributed by atoms with van der Waals surface area (Å²) in [6.07, 6.45) is 8.01. The second kappa shape index (κ2) is 8.51. The molecule has 2 aromatic rings. The van der Waals surface area contributed by atoms with Crippen molar-refractivity contribution in [3.8, 4) is 11.1 Å². The fraction of sp³-hybridized carbons (Fsp3) is 0.158. The second-order valence-electron chi connectivity index (χ2n) is 5.61. The Hall–Kier alpha value is -0.569. The number of allylic oxidation sites excluding steroid dienone is 4. The normalized spacial score (nSPS) is 14.3. The molecule has 0 saturated heterocycles. The predicted octanol–water partition coefficient (Wildman–Crippen LogP) is -1.11. The molecule has 0 aromatic heterocycles. The summed E-state index contributed by atoms with van der Waals surface area (Å²) in [6, 6.07) is 17.9. The second-order valence-corrected chi connectivity index (χ2v) is 8.20. The third-order valence-electron chi connectivity index (χ3n) is 4.54. The molecule has 0 N–H and O–H groups in total. The SMILES string of the molecule is C[Si](C1=CC=CC1)C1c2ccccc2-c2ccccc21.[Cl-].[Cl-].[Ti+2]. The summed E-state index contributed by atoms with van der Waals surface area (Å²) < 4.78 is 0. The van der Waals surface area contributed by atoms with Crippen molar-refractivity contribution in [2.45, 2.75) is 18.5 Å². The Morgan fingerprint density at radius 1 is 0.870 bits per heavy atom. The molecule has 23 heavy (non-hydrogen) atoms. The Labute approximate surface area is 167 Å². The number of hydrogen-bond donors (Lipinski definition) is 0. The van der Waals surface area contributed by atoms with E-state index >= 15 is 0 Å². The third-order valence-corrected chi connectivity index (χ3v) is 7.42. The number of rotatable bonds is 2. The first-order valence-corrected chi connectivity index (χ1v) is 9.32. The Bertz CT molecular complexity index is 694. The van der Waals surface area contributed by atoms with E-state index in [1.54, 1.807) is 5.20 Å². The fourth-order valence-corrected chi connectivity index (χ4v) is 6.15. The van der Waals surface area contributed by atoms with Crippen LogP contribution in [0.4, 0.5) is 0 Å². The molecule has 0 bridgehead atoms. The van der Waals surface area contributed by atoms with Crippen molar-refractivity contribution in [1.82, 2.24) is 0 Å². The zero-order chi connectivity index (χ0) is 13.5. The number of benzene rings is 2. The van der Waals surface area contributed by atoms with Crippen LogP contribution in [0.2, 0.25) is 6.55 Å². The summed E-state index contributed by atoms with van der Waals surface area (Å²) in [7, 11) is -0.570. The molecule has 0 amide bonds. The van der Waals surface area contributed by atoms with Crippen LogP contribution in [-0.2, 0) is 21.7 Å². The van der Waals surface area contributed by atoms with Crippen LogP contribution >= 0.6 is 0 Å². The summed E-state index contributed by atoms with van der Waals surface area (Å²) in [5.74, 6) is 0. The van der Waals surface area contributed by atoms with Gasteiger partial charge in [0.1, 0.15) is 0 Å². The summed E-state index contributed by atoms with van der Waals surface area (Å²) in [5.41, 5.74) is 6.59. The van der Waals surface area contributed by atoms with Gasteiger partial charge < -0.3 is 24.8 Å². The minimum atomic E-state index is -0.570. The molecule has 0 unspecified atom stereocenters. The zero-order valence-corrected chi connectivity index (χ0v) is 17.0. The first-order valence-electron chi connectivity index (χ1n) is 7.24. The maximum absolute atomic E-state index is 2.48. The molecule has 2 aliphatic rings. The van der Waals surface area contributed by atoms with Gasteiger partial charge >= 0.3 is 21.7 Å². The van der Waals surface area contributed by atoms with Gasteiger partial charge in [-0.25, -0.2) is 0 Å². The van der Waals surface area contributed by atoms with Crippen LogP contribution in [0.15, 0.2) is 72.0 Å². The van der Waals surface area contributed by atoms with Crippen molar-refractivity contribution < 1.29 is 46.5 Å². The van der Waals surface area contributed by atoms with Gasteiger partial charge in [-0.1, -0.05) is 78.5 Å². The Balaban J connectivity index is 0.000000882. The van der Waals surface area contributed by atoms with E-state index in [1.165, 1.54) is 22.3 Å². The van der Waals surface area contributed by atoms with Crippen molar-refractivity contribution in [3.63, 3.8) is 0 Å². The van der Waals surface area contributed by atoms with E-state index in [1.807, 2.05) is 0 Å². The van der Waals surface area contributed by atoms with Crippen LogP contribution in [0.1, 0.15) is 23.1 Å². The van der Waals surface area contributed by atoms with E-state index in [0.29, 0.717) is 5.54 Å². The van der Waals surface area contributed by atoms with Gasteiger partial charge in [-0.05, 0) is 28.7 Å². The van der Waals surface area contributed by atoms with Crippen molar-refractivity contribution in [3.05, 3.63) is 83.1 Å². The summed E-state index contributed by atoms with van der Waals surface area (Å²) in [6.45, 7) is 2.48. The van der Waals surface area contributed by atoms with Crippen LogP contribution in [0.3, 0.4) is 0 Å². The van der Waals surface area contributed by atoms with Crippen LogP contribution in [-0.4, -0.2) is 8.80 Å². The minimum Gasteiger partial charge on any atom is -1.00 e. The van der Waals surface area contributed by atoms with Gasteiger partial charge in [-0.3, -0.25) is 0 Å². The summed E-state index contributed by atoms with van der Waals surface area (Å²) in [5, 5.41) is 1.66. The van der Waals surface area contributed by atoms with Crippen LogP contribution < -0.4 is 24.8 Å². The molecule has 2 aromatic carbocycles. The van der Waals surface area contributed by atoms with Gasteiger partial charge in [0.15, 0.2) is 0 Å². The first kappa shape index (κ1) is 20.5. The molecule has 4 rings (SSSR count). The van der Waals surface area contributed by atoms with E-state index in [0.717, 1.165) is 6.42 Å². The standard InChI is InChI=1S/C19H17Si.2ClH.Ti/c1-20(14-8-2-3-9-14)19-17-12-6-4-10-15(17)16-11-5-7-13-18(16)19;;;/h2-8,10-13,19H,9H2,1H3;2*1H;/q;;;+2/p-2. The van der Waals surface area contributed by atoms with Crippen molar-refractivity contribution in [2.24, 2.45) is 0 Å². The maximum Gasteiger partial charge on any atom is 2.00 e. The van der Waals surface area contributed by atoms with Gasteiger partial charge in [0, 0.05) is 5.54 Å². The molecule has 0 saturated carbocycles. The summed E-state index contributed by atoms with van der Waals surface area (Å²) in [4.78, 5) is 0. The van der Waals surface area contributed by atoms with Crippen molar-refractivity contribution in [2.75, 3.05) is 0 Å². The van der Waals surface area contributed by atoms with E-state index in [9.17, 15) is 0 Å². The van der Waals surface area contributed by atoms with Crippen molar-refractivity contribution in [1.29, 1.82) is 0 Å². The van der Waals surface area contributed by atoms with E-state index in [2.05, 4.69) is 73.3 Å². The molecule has 0 fully saturated rings. The van der Waals surface area contributed by atoms with E-state index < -0.39 is 8.80 Å². The average molecular weight is 392 g/mol. The largest absolute Gasteiger partial charge is 2.00 e. The monoisotopic (exact) mass is 391 g/mol. The molecule has 0 spiro atoms. The molecule has 0 atom stereocenters. The number of hydrogen-bond acceptors (Lipinski definition) is 0. The topological polar surface area (TPSA) is 0 Å². The minimum absolute atomic E-state index is 0. The van der Waals surface area contributed by atoms with Gasteiger partial charge in [0.2, 0.25) is 0 Å². The van der Waals surface area contributed by atoms with Gasteiger partial charge in [0.25, 0.3) is 0 Å². The molecule has 2 aliphatic carbocycles. The predicted molar refractivity (Wildman–Crippen MR) is 87.2 cm³/mol. The smallest absolute Gasteiger partial charge is 1.00 e. The molecule has 115 valence electrons. The quantitative estimate of drug-likeness (QED) is 0.570. The molecular formula is C19H17Cl2SiTi.